The number of sulfonamides is 1. The van der Waals surface area contributed by atoms with Crippen LogP contribution in [0.4, 0.5) is 13.2 Å². The molecule has 8 heteroatoms. The van der Waals surface area contributed by atoms with E-state index >= 15 is 0 Å². The second-order valence-corrected chi connectivity index (χ2v) is 7.27. The SMILES string of the molecule is CC1(C)CN(S(=O)(=O)CCCC(F)(F)F)CCN1. The molecule has 0 aromatic rings. The highest BCUT2D eigenvalue weighted by molar-refractivity contribution is 7.89. The topological polar surface area (TPSA) is 49.4 Å². The number of hydrogen-bond acceptors (Lipinski definition) is 3. The maximum atomic E-state index is 12.0. The third-order valence-corrected chi connectivity index (χ3v) is 4.70. The lowest BCUT2D eigenvalue weighted by atomic mass is 10.0. The van der Waals surface area contributed by atoms with Gasteiger partial charge in [-0.3, -0.25) is 0 Å². The number of nitrogens with zero attached hydrogens (tertiary/aromatic N) is 1. The van der Waals surface area contributed by atoms with E-state index in [1.54, 1.807) is 0 Å². The monoisotopic (exact) mass is 288 g/mol. The molecule has 4 nitrogen and oxygen atoms in total. The predicted molar refractivity (Wildman–Crippen MR) is 62.7 cm³/mol. The molecule has 1 heterocycles. The summed E-state index contributed by atoms with van der Waals surface area (Å²) in [5.41, 5.74) is -0.338. The van der Waals surface area contributed by atoms with Crippen molar-refractivity contribution in [3.05, 3.63) is 0 Å². The number of rotatable bonds is 4. The Morgan fingerprint density at radius 3 is 2.44 bits per heavy atom. The predicted octanol–water partition coefficient (Wildman–Crippen LogP) is 1.34. The Morgan fingerprint density at radius 1 is 1.33 bits per heavy atom. The van der Waals surface area contributed by atoms with Crippen molar-refractivity contribution in [2.24, 2.45) is 0 Å². The van der Waals surface area contributed by atoms with E-state index in [1.807, 2.05) is 13.8 Å². The molecule has 108 valence electrons. The summed E-state index contributed by atoms with van der Waals surface area (Å²) in [6, 6.07) is 0. The average Bonchev–Trinajstić information content (AvgIpc) is 2.13. The zero-order valence-corrected chi connectivity index (χ0v) is 11.4. The van der Waals surface area contributed by atoms with Crippen molar-refractivity contribution >= 4 is 10.0 Å². The molecule has 0 radical (unpaired) electrons. The molecule has 0 saturated carbocycles. The van der Waals surface area contributed by atoms with Crippen molar-refractivity contribution in [1.29, 1.82) is 0 Å². The van der Waals surface area contributed by atoms with Crippen LogP contribution >= 0.6 is 0 Å². The van der Waals surface area contributed by atoms with Gasteiger partial charge in [0.1, 0.15) is 0 Å². The normalized spacial score (nSPS) is 22.1. The Labute approximate surface area is 106 Å². The highest BCUT2D eigenvalue weighted by atomic mass is 32.2. The molecule has 0 amide bonds. The van der Waals surface area contributed by atoms with Crippen LogP contribution in [0, 0.1) is 0 Å². The van der Waals surface area contributed by atoms with E-state index in [4.69, 9.17) is 0 Å². The molecule has 0 spiro atoms. The first-order chi connectivity index (χ1) is 8.02. The van der Waals surface area contributed by atoms with Crippen LogP contribution < -0.4 is 5.32 Å². The summed E-state index contributed by atoms with van der Waals surface area (Å²) in [5, 5.41) is 3.15. The summed E-state index contributed by atoms with van der Waals surface area (Å²) in [6.07, 6.45) is -5.73. The van der Waals surface area contributed by atoms with Crippen LogP contribution in [0.15, 0.2) is 0 Å². The van der Waals surface area contributed by atoms with E-state index in [-0.39, 0.29) is 12.0 Å². The van der Waals surface area contributed by atoms with E-state index in [2.05, 4.69) is 5.32 Å². The Bertz CT molecular complexity index is 379. The quantitative estimate of drug-likeness (QED) is 0.849. The number of hydrogen-bond donors (Lipinski definition) is 1. The molecular weight excluding hydrogens is 269 g/mol. The minimum absolute atomic E-state index is 0.293. The number of alkyl halides is 3. The molecule has 0 unspecified atom stereocenters. The summed E-state index contributed by atoms with van der Waals surface area (Å²) in [4.78, 5) is 0. The van der Waals surface area contributed by atoms with Crippen molar-refractivity contribution in [3.63, 3.8) is 0 Å². The molecule has 0 aromatic heterocycles. The van der Waals surface area contributed by atoms with Gasteiger partial charge in [-0.15, -0.1) is 0 Å². The Morgan fingerprint density at radius 2 is 1.94 bits per heavy atom. The van der Waals surface area contributed by atoms with Crippen LogP contribution in [-0.4, -0.2) is 49.8 Å². The van der Waals surface area contributed by atoms with Gasteiger partial charge < -0.3 is 5.32 Å². The lowest BCUT2D eigenvalue weighted by Crippen LogP contribution is -2.58. The summed E-state index contributed by atoms with van der Waals surface area (Å²) < 4.78 is 61.0. The highest BCUT2D eigenvalue weighted by Gasteiger charge is 2.34. The molecule has 1 aliphatic rings. The molecular formula is C10H19F3N2O2S. The standard InChI is InChI=1S/C10H19F3N2O2S/c1-9(2)8-15(6-5-14-9)18(16,17)7-3-4-10(11,12)13/h14H,3-8H2,1-2H3. The zero-order chi connectivity index (χ0) is 14.0. The van der Waals surface area contributed by atoms with Crippen molar-refractivity contribution < 1.29 is 21.6 Å². The summed E-state index contributed by atoms with van der Waals surface area (Å²) in [6.45, 7) is 4.86. The van der Waals surface area contributed by atoms with Crippen molar-refractivity contribution in [1.82, 2.24) is 9.62 Å². The number of piperazine rings is 1. The molecule has 0 aromatic carbocycles. The first-order valence-corrected chi connectivity index (χ1v) is 7.42. The van der Waals surface area contributed by atoms with Crippen LogP contribution in [0.1, 0.15) is 26.7 Å². The summed E-state index contributed by atoms with van der Waals surface area (Å²) in [5.74, 6) is -0.442. The molecule has 0 aliphatic carbocycles. The fraction of sp³-hybridized carbons (Fsp3) is 1.00. The first-order valence-electron chi connectivity index (χ1n) is 5.81. The fourth-order valence-corrected chi connectivity index (χ4v) is 3.57. The van der Waals surface area contributed by atoms with Gasteiger partial charge in [-0.2, -0.15) is 17.5 Å². The van der Waals surface area contributed by atoms with E-state index in [9.17, 15) is 21.6 Å². The van der Waals surface area contributed by atoms with Gasteiger partial charge in [0.25, 0.3) is 0 Å². The number of nitrogens with one attached hydrogen (secondary N) is 1. The third kappa shape index (κ3) is 5.11. The van der Waals surface area contributed by atoms with Gasteiger partial charge in [0, 0.05) is 31.6 Å². The summed E-state index contributed by atoms with van der Waals surface area (Å²) >= 11 is 0. The van der Waals surface area contributed by atoms with Crippen LogP contribution in [0.25, 0.3) is 0 Å². The van der Waals surface area contributed by atoms with E-state index < -0.39 is 28.4 Å². The summed E-state index contributed by atoms with van der Waals surface area (Å²) in [7, 11) is -3.58. The third-order valence-electron chi connectivity index (χ3n) is 2.79. The Hall–Kier alpha value is -0.340. The van der Waals surface area contributed by atoms with Crippen LogP contribution in [0.2, 0.25) is 0 Å². The lowest BCUT2D eigenvalue weighted by Gasteiger charge is -2.38. The second-order valence-electron chi connectivity index (χ2n) is 5.18. The molecule has 1 saturated heterocycles. The van der Waals surface area contributed by atoms with Gasteiger partial charge in [0.2, 0.25) is 10.0 Å². The molecule has 18 heavy (non-hydrogen) atoms. The van der Waals surface area contributed by atoms with E-state index in [0.717, 1.165) is 0 Å². The molecule has 1 fully saturated rings. The smallest absolute Gasteiger partial charge is 0.309 e. The van der Waals surface area contributed by atoms with Crippen LogP contribution in [0.3, 0.4) is 0 Å². The minimum atomic E-state index is -4.29. The molecule has 0 atom stereocenters. The Balaban J connectivity index is 2.53. The van der Waals surface area contributed by atoms with Crippen LogP contribution in [-0.2, 0) is 10.0 Å². The van der Waals surface area contributed by atoms with Crippen molar-refractivity contribution in [3.8, 4) is 0 Å². The van der Waals surface area contributed by atoms with E-state index in [0.29, 0.717) is 19.6 Å². The zero-order valence-electron chi connectivity index (χ0n) is 10.5. The largest absolute Gasteiger partial charge is 0.389 e. The maximum Gasteiger partial charge on any atom is 0.389 e. The van der Waals surface area contributed by atoms with Gasteiger partial charge in [0.15, 0.2) is 0 Å². The minimum Gasteiger partial charge on any atom is -0.309 e. The molecule has 1 rings (SSSR count). The van der Waals surface area contributed by atoms with Gasteiger partial charge in [-0.05, 0) is 20.3 Å². The van der Waals surface area contributed by atoms with Crippen LogP contribution in [0.5, 0.6) is 0 Å². The van der Waals surface area contributed by atoms with Crippen molar-refractivity contribution in [2.75, 3.05) is 25.4 Å². The number of halogens is 3. The van der Waals surface area contributed by atoms with Gasteiger partial charge in [-0.25, -0.2) is 8.42 Å². The Kier molecular flexibility index (Phi) is 4.66. The lowest BCUT2D eigenvalue weighted by molar-refractivity contribution is -0.134. The fourth-order valence-electron chi connectivity index (χ4n) is 1.92. The second kappa shape index (κ2) is 5.34. The molecule has 1 N–H and O–H groups in total. The van der Waals surface area contributed by atoms with E-state index in [1.165, 1.54) is 4.31 Å². The maximum absolute atomic E-state index is 12.0. The highest BCUT2D eigenvalue weighted by Crippen LogP contribution is 2.22. The average molecular weight is 288 g/mol. The molecule has 1 aliphatic heterocycles. The van der Waals surface area contributed by atoms with Gasteiger partial charge >= 0.3 is 6.18 Å². The van der Waals surface area contributed by atoms with Crippen molar-refractivity contribution in [2.45, 2.75) is 38.4 Å². The molecule has 0 bridgehead atoms. The van der Waals surface area contributed by atoms with Gasteiger partial charge in [0.05, 0.1) is 5.75 Å². The first kappa shape index (κ1) is 15.7. The van der Waals surface area contributed by atoms with Gasteiger partial charge in [-0.1, -0.05) is 0 Å².